The minimum atomic E-state index is -0.0382. The molecule has 1 fully saturated rings. The largest absolute Gasteiger partial charge is 0.393 e. The summed E-state index contributed by atoms with van der Waals surface area (Å²) in [6.07, 6.45) is 9.21. The molecule has 10 heavy (non-hydrogen) atoms. The molecule has 3 unspecified atom stereocenters. The maximum atomic E-state index is 9.52. The third-order valence-electron chi connectivity index (χ3n) is 2.83. The van der Waals surface area contributed by atoms with E-state index in [1.807, 2.05) is 0 Å². The van der Waals surface area contributed by atoms with Gasteiger partial charge in [0.15, 0.2) is 0 Å². The molecule has 1 nitrogen and oxygen atoms in total. The Bertz CT molecular complexity index is 151. The molecule has 1 saturated carbocycles. The van der Waals surface area contributed by atoms with Crippen molar-refractivity contribution < 1.29 is 5.11 Å². The molecular formula is C9H14O. The van der Waals surface area contributed by atoms with Crippen LogP contribution in [0.25, 0.3) is 0 Å². The Morgan fingerprint density at radius 2 is 1.80 bits per heavy atom. The SMILES string of the molecule is OC1CCC2C=CC1CC2. The predicted octanol–water partition coefficient (Wildman–Crippen LogP) is 1.72. The Balaban J connectivity index is 2.17. The van der Waals surface area contributed by atoms with Crippen LogP contribution in [0.15, 0.2) is 12.2 Å². The van der Waals surface area contributed by atoms with Gasteiger partial charge in [0, 0.05) is 5.92 Å². The predicted molar refractivity (Wildman–Crippen MR) is 40.6 cm³/mol. The minimum absolute atomic E-state index is 0.0382. The molecule has 1 N–H and O–H groups in total. The van der Waals surface area contributed by atoms with Crippen LogP contribution < -0.4 is 0 Å². The van der Waals surface area contributed by atoms with Crippen molar-refractivity contribution in [2.45, 2.75) is 31.8 Å². The van der Waals surface area contributed by atoms with Crippen LogP contribution >= 0.6 is 0 Å². The van der Waals surface area contributed by atoms with Crippen molar-refractivity contribution in [3.8, 4) is 0 Å². The second-order valence-corrected chi connectivity index (χ2v) is 3.53. The number of aliphatic hydroxyl groups excluding tert-OH is 1. The third kappa shape index (κ3) is 0.988. The molecule has 0 radical (unpaired) electrons. The molecule has 0 aromatic heterocycles. The van der Waals surface area contributed by atoms with Crippen LogP contribution in [0, 0.1) is 11.8 Å². The Morgan fingerprint density at radius 1 is 1.00 bits per heavy atom. The van der Waals surface area contributed by atoms with Crippen molar-refractivity contribution in [1.82, 2.24) is 0 Å². The molecule has 3 aliphatic rings. The standard InChI is InChI=1S/C9H14O/c10-9-6-3-7-1-4-8(9)5-2-7/h1,4,7-10H,2-3,5-6H2. The van der Waals surface area contributed by atoms with Gasteiger partial charge in [0.25, 0.3) is 0 Å². The molecule has 56 valence electrons. The van der Waals surface area contributed by atoms with E-state index >= 15 is 0 Å². The highest BCUT2D eigenvalue weighted by Gasteiger charge is 2.26. The molecular weight excluding hydrogens is 124 g/mol. The molecule has 0 heterocycles. The van der Waals surface area contributed by atoms with Crippen molar-refractivity contribution in [2.24, 2.45) is 11.8 Å². The molecule has 0 aliphatic heterocycles. The smallest absolute Gasteiger partial charge is 0.0603 e. The first-order valence-electron chi connectivity index (χ1n) is 4.22. The van der Waals surface area contributed by atoms with Crippen LogP contribution in [0.3, 0.4) is 0 Å². The summed E-state index contributed by atoms with van der Waals surface area (Å²) < 4.78 is 0. The number of rotatable bonds is 0. The van der Waals surface area contributed by atoms with Crippen LogP contribution in [0.2, 0.25) is 0 Å². The first kappa shape index (κ1) is 6.41. The highest BCUT2D eigenvalue weighted by Crippen LogP contribution is 2.33. The molecule has 0 saturated heterocycles. The Labute approximate surface area is 61.8 Å². The van der Waals surface area contributed by atoms with Gasteiger partial charge in [-0.2, -0.15) is 0 Å². The monoisotopic (exact) mass is 138 g/mol. The van der Waals surface area contributed by atoms with Gasteiger partial charge in [-0.25, -0.2) is 0 Å². The van der Waals surface area contributed by atoms with Crippen LogP contribution in [-0.4, -0.2) is 11.2 Å². The number of fused-ring (bicyclic) bond motifs is 3. The Hall–Kier alpha value is -0.300. The summed E-state index contributed by atoms with van der Waals surface area (Å²) in [5, 5.41) is 9.52. The van der Waals surface area contributed by atoms with E-state index in [1.54, 1.807) is 0 Å². The molecule has 0 amide bonds. The van der Waals surface area contributed by atoms with Crippen LogP contribution in [0.1, 0.15) is 25.7 Å². The zero-order chi connectivity index (χ0) is 6.97. The number of hydrogen-bond acceptors (Lipinski definition) is 1. The molecule has 0 spiro atoms. The van der Waals surface area contributed by atoms with Gasteiger partial charge >= 0.3 is 0 Å². The quantitative estimate of drug-likeness (QED) is 0.505. The fourth-order valence-corrected chi connectivity index (χ4v) is 2.06. The Morgan fingerprint density at radius 3 is 2.50 bits per heavy atom. The summed E-state index contributed by atoms with van der Waals surface area (Å²) in [6.45, 7) is 0. The van der Waals surface area contributed by atoms with E-state index in [9.17, 15) is 5.11 Å². The summed E-state index contributed by atoms with van der Waals surface area (Å²) in [4.78, 5) is 0. The maximum absolute atomic E-state index is 9.52. The van der Waals surface area contributed by atoms with Gasteiger partial charge in [-0.1, -0.05) is 12.2 Å². The second-order valence-electron chi connectivity index (χ2n) is 3.53. The van der Waals surface area contributed by atoms with Crippen LogP contribution in [-0.2, 0) is 0 Å². The molecule has 3 aliphatic carbocycles. The summed E-state index contributed by atoms with van der Waals surface area (Å²) in [5.41, 5.74) is 0. The van der Waals surface area contributed by atoms with E-state index in [1.165, 1.54) is 19.3 Å². The van der Waals surface area contributed by atoms with E-state index in [0.29, 0.717) is 5.92 Å². The normalized spacial score (nSPS) is 45.5. The molecule has 2 bridgehead atoms. The van der Waals surface area contributed by atoms with Gasteiger partial charge in [0.1, 0.15) is 0 Å². The lowest BCUT2D eigenvalue weighted by atomic mass is 9.90. The van der Waals surface area contributed by atoms with E-state index in [4.69, 9.17) is 0 Å². The first-order valence-corrected chi connectivity index (χ1v) is 4.22. The van der Waals surface area contributed by atoms with Gasteiger partial charge in [0.2, 0.25) is 0 Å². The van der Waals surface area contributed by atoms with Gasteiger partial charge < -0.3 is 5.11 Å². The second kappa shape index (κ2) is 2.39. The van der Waals surface area contributed by atoms with Crippen molar-refractivity contribution in [1.29, 1.82) is 0 Å². The van der Waals surface area contributed by atoms with Crippen LogP contribution in [0.5, 0.6) is 0 Å². The average molecular weight is 138 g/mol. The third-order valence-corrected chi connectivity index (χ3v) is 2.83. The average Bonchev–Trinajstić information content (AvgIpc) is 2.24. The van der Waals surface area contributed by atoms with Crippen molar-refractivity contribution in [3.63, 3.8) is 0 Å². The summed E-state index contributed by atoms with van der Waals surface area (Å²) >= 11 is 0. The molecule has 1 heteroatoms. The fourth-order valence-electron chi connectivity index (χ4n) is 2.06. The topological polar surface area (TPSA) is 20.2 Å². The highest BCUT2D eigenvalue weighted by molar-refractivity contribution is 5.03. The lowest BCUT2D eigenvalue weighted by molar-refractivity contribution is 0.124. The van der Waals surface area contributed by atoms with E-state index in [-0.39, 0.29) is 6.10 Å². The van der Waals surface area contributed by atoms with E-state index < -0.39 is 0 Å². The zero-order valence-corrected chi connectivity index (χ0v) is 6.16. The summed E-state index contributed by atoms with van der Waals surface area (Å²) in [6, 6.07) is 0. The van der Waals surface area contributed by atoms with Gasteiger partial charge in [-0.05, 0) is 31.6 Å². The maximum Gasteiger partial charge on any atom is 0.0603 e. The number of allylic oxidation sites excluding steroid dienone is 1. The fraction of sp³-hybridized carbons (Fsp3) is 0.778. The highest BCUT2D eigenvalue weighted by atomic mass is 16.3. The van der Waals surface area contributed by atoms with E-state index in [2.05, 4.69) is 12.2 Å². The van der Waals surface area contributed by atoms with Gasteiger partial charge in [-0.15, -0.1) is 0 Å². The molecule has 3 atom stereocenters. The molecule has 0 aromatic carbocycles. The van der Waals surface area contributed by atoms with Crippen LogP contribution in [0.4, 0.5) is 0 Å². The molecule has 0 aromatic rings. The van der Waals surface area contributed by atoms with Gasteiger partial charge in [-0.3, -0.25) is 0 Å². The summed E-state index contributed by atoms with van der Waals surface area (Å²) in [7, 11) is 0. The molecule has 3 rings (SSSR count). The lowest BCUT2D eigenvalue weighted by Gasteiger charge is -2.18. The van der Waals surface area contributed by atoms with E-state index in [0.717, 1.165) is 12.3 Å². The summed E-state index contributed by atoms with van der Waals surface area (Å²) in [5.74, 6) is 1.27. The van der Waals surface area contributed by atoms with Crippen molar-refractivity contribution >= 4 is 0 Å². The Kier molecular flexibility index (Phi) is 1.53. The lowest BCUT2D eigenvalue weighted by Crippen LogP contribution is -2.16. The minimum Gasteiger partial charge on any atom is -0.393 e. The number of hydrogen-bond donors (Lipinski definition) is 1. The first-order chi connectivity index (χ1) is 4.86. The van der Waals surface area contributed by atoms with Crippen molar-refractivity contribution in [3.05, 3.63) is 12.2 Å². The van der Waals surface area contributed by atoms with Crippen molar-refractivity contribution in [2.75, 3.05) is 0 Å². The number of aliphatic hydroxyl groups is 1. The zero-order valence-electron chi connectivity index (χ0n) is 6.16. The van der Waals surface area contributed by atoms with Gasteiger partial charge in [0.05, 0.1) is 6.10 Å².